The summed E-state index contributed by atoms with van der Waals surface area (Å²) in [5.41, 5.74) is 3.92. The van der Waals surface area contributed by atoms with E-state index >= 15 is 0 Å². The number of hydrazine groups is 1. The van der Waals surface area contributed by atoms with E-state index in [0.29, 0.717) is 0 Å². The molecule has 2 aromatic rings. The lowest BCUT2D eigenvalue weighted by molar-refractivity contribution is 0.550. The van der Waals surface area contributed by atoms with E-state index in [1.807, 2.05) is 17.5 Å². The molecule has 0 amide bonds. The van der Waals surface area contributed by atoms with Gasteiger partial charge in [-0.15, -0.1) is 11.3 Å². The molecule has 2 rings (SSSR count). The molecule has 0 radical (unpaired) electrons. The maximum Gasteiger partial charge on any atom is 0.0944 e. The number of hydrogen-bond donors (Lipinski definition) is 2. The zero-order chi connectivity index (χ0) is 10.5. The predicted molar refractivity (Wildman–Crippen MR) is 60.1 cm³/mol. The summed E-state index contributed by atoms with van der Waals surface area (Å²) in [7, 11) is 0. The first-order valence-electron chi connectivity index (χ1n) is 4.64. The molecule has 0 saturated carbocycles. The summed E-state index contributed by atoms with van der Waals surface area (Å²) in [6, 6.07) is 4.01. The van der Waals surface area contributed by atoms with Crippen molar-refractivity contribution >= 4 is 11.3 Å². The van der Waals surface area contributed by atoms with Gasteiger partial charge in [0.05, 0.1) is 11.0 Å². The fourth-order valence-corrected chi connectivity index (χ4v) is 2.06. The smallest absolute Gasteiger partial charge is 0.0944 e. The van der Waals surface area contributed by atoms with Gasteiger partial charge in [-0.1, -0.05) is 0 Å². The third kappa shape index (κ3) is 2.59. The Morgan fingerprint density at radius 2 is 2.13 bits per heavy atom. The Bertz CT molecular complexity index is 387. The van der Waals surface area contributed by atoms with Crippen molar-refractivity contribution in [3.63, 3.8) is 0 Å². The van der Waals surface area contributed by atoms with Crippen LogP contribution in [0.5, 0.6) is 0 Å². The van der Waals surface area contributed by atoms with Gasteiger partial charge in [-0.2, -0.15) is 0 Å². The Morgan fingerprint density at radius 3 is 2.73 bits per heavy atom. The summed E-state index contributed by atoms with van der Waals surface area (Å²) in [5.74, 6) is 5.53. The lowest BCUT2D eigenvalue weighted by Gasteiger charge is -2.14. The number of aromatic nitrogens is 2. The highest BCUT2D eigenvalue weighted by molar-refractivity contribution is 7.09. The second-order valence-electron chi connectivity index (χ2n) is 3.13. The van der Waals surface area contributed by atoms with Crippen LogP contribution in [-0.4, -0.2) is 9.97 Å². The van der Waals surface area contributed by atoms with Gasteiger partial charge in [-0.3, -0.25) is 16.3 Å². The molecule has 15 heavy (non-hydrogen) atoms. The predicted octanol–water partition coefficient (Wildman–Crippen LogP) is 1.29. The first-order chi connectivity index (χ1) is 7.40. The van der Waals surface area contributed by atoms with Gasteiger partial charge in [0.2, 0.25) is 0 Å². The number of rotatable bonds is 4. The topological polar surface area (TPSA) is 63.8 Å². The number of pyridine rings is 1. The number of hydrogen-bond acceptors (Lipinski definition) is 5. The summed E-state index contributed by atoms with van der Waals surface area (Å²) >= 11 is 1.64. The third-order valence-electron chi connectivity index (χ3n) is 2.17. The third-order valence-corrected chi connectivity index (χ3v) is 2.97. The van der Waals surface area contributed by atoms with Crippen LogP contribution in [0.1, 0.15) is 16.6 Å². The van der Waals surface area contributed by atoms with Crippen molar-refractivity contribution in [2.24, 2.45) is 5.84 Å². The molecule has 0 bridgehead atoms. The van der Waals surface area contributed by atoms with E-state index in [4.69, 9.17) is 5.84 Å². The van der Waals surface area contributed by atoms with Gasteiger partial charge < -0.3 is 0 Å². The Morgan fingerprint density at radius 1 is 1.33 bits per heavy atom. The minimum Gasteiger partial charge on any atom is -0.271 e. The average Bonchev–Trinajstić information content (AvgIpc) is 2.80. The van der Waals surface area contributed by atoms with Crippen molar-refractivity contribution < 1.29 is 0 Å². The van der Waals surface area contributed by atoms with Crippen molar-refractivity contribution in [3.8, 4) is 0 Å². The first kappa shape index (κ1) is 10.2. The lowest BCUT2D eigenvalue weighted by Crippen LogP contribution is -2.29. The van der Waals surface area contributed by atoms with E-state index in [1.165, 1.54) is 0 Å². The molecule has 0 aromatic carbocycles. The Kier molecular flexibility index (Phi) is 3.39. The Hall–Kier alpha value is -1.30. The van der Waals surface area contributed by atoms with Crippen LogP contribution >= 0.6 is 11.3 Å². The van der Waals surface area contributed by atoms with Gasteiger partial charge >= 0.3 is 0 Å². The SMILES string of the molecule is NNC(Cc1nccs1)c1ccncc1. The lowest BCUT2D eigenvalue weighted by atomic mass is 10.1. The standard InChI is InChI=1S/C10H12N4S/c11-14-9(7-10-13-5-6-15-10)8-1-3-12-4-2-8/h1-6,9,14H,7,11H2. The summed E-state index contributed by atoms with van der Waals surface area (Å²) in [5, 5.41) is 3.05. The zero-order valence-electron chi connectivity index (χ0n) is 8.13. The molecule has 0 aliphatic rings. The van der Waals surface area contributed by atoms with E-state index < -0.39 is 0 Å². The molecule has 5 heteroatoms. The van der Waals surface area contributed by atoms with Crippen LogP contribution in [0.2, 0.25) is 0 Å². The normalized spacial score (nSPS) is 12.6. The highest BCUT2D eigenvalue weighted by Gasteiger charge is 2.11. The van der Waals surface area contributed by atoms with Crippen LogP contribution in [0.4, 0.5) is 0 Å². The highest BCUT2D eigenvalue weighted by atomic mass is 32.1. The van der Waals surface area contributed by atoms with Gasteiger partial charge in [0.1, 0.15) is 0 Å². The highest BCUT2D eigenvalue weighted by Crippen LogP contribution is 2.17. The average molecular weight is 220 g/mol. The molecule has 0 fully saturated rings. The maximum absolute atomic E-state index is 5.53. The van der Waals surface area contributed by atoms with E-state index in [-0.39, 0.29) is 6.04 Å². The quantitative estimate of drug-likeness (QED) is 0.602. The van der Waals surface area contributed by atoms with Crippen molar-refractivity contribution in [1.29, 1.82) is 0 Å². The molecular weight excluding hydrogens is 208 g/mol. The van der Waals surface area contributed by atoms with Crippen LogP contribution in [0.3, 0.4) is 0 Å². The Balaban J connectivity index is 2.12. The molecule has 1 unspecified atom stereocenters. The second-order valence-corrected chi connectivity index (χ2v) is 4.11. The van der Waals surface area contributed by atoms with E-state index in [2.05, 4.69) is 15.4 Å². The zero-order valence-corrected chi connectivity index (χ0v) is 8.95. The van der Waals surface area contributed by atoms with E-state index in [1.54, 1.807) is 29.9 Å². The fraction of sp³-hybridized carbons (Fsp3) is 0.200. The molecule has 0 aliphatic heterocycles. The van der Waals surface area contributed by atoms with Gasteiger partial charge in [-0.05, 0) is 17.7 Å². The molecule has 1 atom stereocenters. The molecule has 0 spiro atoms. The number of thiazole rings is 1. The fourth-order valence-electron chi connectivity index (χ4n) is 1.40. The van der Waals surface area contributed by atoms with Crippen LogP contribution in [0.15, 0.2) is 36.1 Å². The van der Waals surface area contributed by atoms with Crippen molar-refractivity contribution in [3.05, 3.63) is 46.7 Å². The van der Waals surface area contributed by atoms with Crippen LogP contribution in [-0.2, 0) is 6.42 Å². The Labute approximate surface area is 92.2 Å². The summed E-state index contributed by atoms with van der Waals surface area (Å²) in [6.45, 7) is 0. The molecule has 0 saturated heterocycles. The van der Waals surface area contributed by atoms with E-state index in [9.17, 15) is 0 Å². The molecule has 0 aliphatic carbocycles. The van der Waals surface area contributed by atoms with Gasteiger partial charge in [-0.25, -0.2) is 4.98 Å². The molecule has 2 heterocycles. The van der Waals surface area contributed by atoms with Gasteiger partial charge in [0, 0.05) is 30.4 Å². The van der Waals surface area contributed by atoms with Crippen LogP contribution in [0, 0.1) is 0 Å². The second kappa shape index (κ2) is 4.97. The summed E-state index contributed by atoms with van der Waals surface area (Å²) in [6.07, 6.45) is 6.14. The molecule has 4 nitrogen and oxygen atoms in total. The maximum atomic E-state index is 5.53. The summed E-state index contributed by atoms with van der Waals surface area (Å²) in [4.78, 5) is 8.21. The van der Waals surface area contributed by atoms with Gasteiger partial charge in [0.25, 0.3) is 0 Å². The molecule has 2 aromatic heterocycles. The summed E-state index contributed by atoms with van der Waals surface area (Å²) < 4.78 is 0. The van der Waals surface area contributed by atoms with Crippen molar-refractivity contribution in [2.75, 3.05) is 0 Å². The molecule has 3 N–H and O–H groups in total. The first-order valence-corrected chi connectivity index (χ1v) is 5.52. The number of nitrogens with one attached hydrogen (secondary N) is 1. The number of nitrogens with two attached hydrogens (primary N) is 1. The monoisotopic (exact) mass is 220 g/mol. The molecule has 78 valence electrons. The minimum absolute atomic E-state index is 0.0964. The van der Waals surface area contributed by atoms with Gasteiger partial charge in [0.15, 0.2) is 0 Å². The number of nitrogens with zero attached hydrogens (tertiary/aromatic N) is 2. The molecular formula is C10H12N4S. The van der Waals surface area contributed by atoms with E-state index in [0.717, 1.165) is 17.0 Å². The van der Waals surface area contributed by atoms with Crippen LogP contribution < -0.4 is 11.3 Å². The largest absolute Gasteiger partial charge is 0.271 e. The minimum atomic E-state index is 0.0964. The van der Waals surface area contributed by atoms with Crippen LogP contribution in [0.25, 0.3) is 0 Å². The van der Waals surface area contributed by atoms with Crippen molar-refractivity contribution in [1.82, 2.24) is 15.4 Å². The van der Waals surface area contributed by atoms with Crippen molar-refractivity contribution in [2.45, 2.75) is 12.5 Å².